The summed E-state index contributed by atoms with van der Waals surface area (Å²) in [6.45, 7) is 3.57. The molecule has 2 atom stereocenters. The van der Waals surface area contributed by atoms with E-state index < -0.39 is 10.0 Å². The van der Waals surface area contributed by atoms with Crippen LogP contribution in [-0.2, 0) is 10.0 Å². The standard InChI is InChI=1S/C14H22N2O2S2/c1-9-4-7-13(15)10(2)14(9)20(17,18)16-11-5-6-12(8-11)19-3/h4,7,11-12,16H,5-6,8,15H2,1-3H3. The highest BCUT2D eigenvalue weighted by atomic mass is 32.2. The van der Waals surface area contributed by atoms with E-state index in [1.54, 1.807) is 26.0 Å². The summed E-state index contributed by atoms with van der Waals surface area (Å²) in [5, 5.41) is 0.561. The van der Waals surface area contributed by atoms with Crippen LogP contribution in [0.3, 0.4) is 0 Å². The van der Waals surface area contributed by atoms with Crippen molar-refractivity contribution in [3.8, 4) is 0 Å². The maximum atomic E-state index is 12.6. The Hall–Kier alpha value is -0.720. The van der Waals surface area contributed by atoms with Crippen LogP contribution in [-0.4, -0.2) is 26.0 Å². The number of sulfonamides is 1. The number of anilines is 1. The molecule has 1 aliphatic rings. The third kappa shape index (κ3) is 3.13. The maximum absolute atomic E-state index is 12.6. The molecule has 1 aromatic carbocycles. The van der Waals surface area contributed by atoms with Crippen LogP contribution in [0, 0.1) is 13.8 Å². The Kier molecular flexibility index (Phi) is 4.66. The first-order valence-electron chi connectivity index (χ1n) is 6.76. The Labute approximate surface area is 125 Å². The van der Waals surface area contributed by atoms with Crippen molar-refractivity contribution < 1.29 is 8.42 Å². The summed E-state index contributed by atoms with van der Waals surface area (Å²) in [6, 6.07) is 3.55. The lowest BCUT2D eigenvalue weighted by atomic mass is 10.1. The van der Waals surface area contributed by atoms with Crippen LogP contribution in [0.4, 0.5) is 5.69 Å². The van der Waals surface area contributed by atoms with Crippen LogP contribution < -0.4 is 10.5 Å². The van der Waals surface area contributed by atoms with Crippen molar-refractivity contribution in [2.75, 3.05) is 12.0 Å². The van der Waals surface area contributed by atoms with E-state index in [0.29, 0.717) is 21.4 Å². The first-order chi connectivity index (χ1) is 9.35. The summed E-state index contributed by atoms with van der Waals surface area (Å²) in [7, 11) is -3.50. The Bertz CT molecular complexity index is 599. The van der Waals surface area contributed by atoms with E-state index in [1.807, 2.05) is 11.8 Å². The fraction of sp³-hybridized carbons (Fsp3) is 0.571. The van der Waals surface area contributed by atoms with Gasteiger partial charge in [0.2, 0.25) is 10.0 Å². The third-order valence-electron chi connectivity index (χ3n) is 3.95. The average Bonchev–Trinajstić information content (AvgIpc) is 2.81. The second-order valence-corrected chi connectivity index (χ2v) is 8.20. The zero-order valence-electron chi connectivity index (χ0n) is 12.1. The lowest BCUT2D eigenvalue weighted by Crippen LogP contribution is -2.34. The number of nitrogens with two attached hydrogens (primary N) is 1. The molecule has 2 unspecified atom stereocenters. The minimum Gasteiger partial charge on any atom is -0.398 e. The molecule has 3 N–H and O–H groups in total. The predicted octanol–water partition coefficient (Wildman–Crippen LogP) is 2.45. The second-order valence-electron chi connectivity index (χ2n) is 5.41. The molecular weight excluding hydrogens is 292 g/mol. The highest BCUT2D eigenvalue weighted by molar-refractivity contribution is 7.99. The van der Waals surface area contributed by atoms with Crippen LogP contribution in [0.15, 0.2) is 17.0 Å². The van der Waals surface area contributed by atoms with Gasteiger partial charge in [-0.3, -0.25) is 0 Å². The zero-order chi connectivity index (χ0) is 14.9. The van der Waals surface area contributed by atoms with Gasteiger partial charge in [-0.25, -0.2) is 13.1 Å². The summed E-state index contributed by atoms with van der Waals surface area (Å²) in [5.41, 5.74) is 7.74. The fourth-order valence-corrected chi connectivity index (χ4v) is 5.38. The normalized spacial score (nSPS) is 23.1. The Morgan fingerprint density at radius 3 is 2.60 bits per heavy atom. The molecule has 6 heteroatoms. The number of benzene rings is 1. The number of rotatable bonds is 4. The molecular formula is C14H22N2O2S2. The quantitative estimate of drug-likeness (QED) is 0.837. The minimum atomic E-state index is -3.50. The number of nitrogen functional groups attached to an aromatic ring is 1. The van der Waals surface area contributed by atoms with Crippen LogP contribution in [0.25, 0.3) is 0 Å². The van der Waals surface area contributed by atoms with Crippen molar-refractivity contribution in [2.24, 2.45) is 0 Å². The van der Waals surface area contributed by atoms with Gasteiger partial charge < -0.3 is 5.73 Å². The number of hydrogen-bond donors (Lipinski definition) is 2. The molecule has 0 saturated heterocycles. The molecule has 4 nitrogen and oxygen atoms in total. The number of hydrogen-bond acceptors (Lipinski definition) is 4. The molecule has 2 rings (SSSR count). The van der Waals surface area contributed by atoms with E-state index in [9.17, 15) is 8.42 Å². The lowest BCUT2D eigenvalue weighted by Gasteiger charge is -2.17. The molecule has 112 valence electrons. The molecule has 1 aromatic rings. The lowest BCUT2D eigenvalue weighted by molar-refractivity contribution is 0.551. The van der Waals surface area contributed by atoms with Crippen molar-refractivity contribution in [1.29, 1.82) is 0 Å². The van der Waals surface area contributed by atoms with Crippen molar-refractivity contribution in [3.05, 3.63) is 23.3 Å². The van der Waals surface area contributed by atoms with Gasteiger partial charge in [-0.15, -0.1) is 0 Å². The minimum absolute atomic E-state index is 0.0395. The maximum Gasteiger partial charge on any atom is 0.241 e. The molecule has 0 amide bonds. The van der Waals surface area contributed by atoms with Crippen molar-refractivity contribution >= 4 is 27.5 Å². The molecule has 20 heavy (non-hydrogen) atoms. The molecule has 1 fully saturated rings. The summed E-state index contributed by atoms with van der Waals surface area (Å²) in [5.74, 6) is 0. The Morgan fingerprint density at radius 1 is 1.30 bits per heavy atom. The van der Waals surface area contributed by atoms with Crippen molar-refractivity contribution in [2.45, 2.75) is 49.3 Å². The molecule has 1 aliphatic carbocycles. The summed E-state index contributed by atoms with van der Waals surface area (Å²) >= 11 is 1.81. The number of aryl methyl sites for hydroxylation is 1. The van der Waals surface area contributed by atoms with Gasteiger partial charge >= 0.3 is 0 Å². The van der Waals surface area contributed by atoms with Gasteiger partial charge in [0.05, 0.1) is 4.90 Å². The highest BCUT2D eigenvalue weighted by Gasteiger charge is 2.29. The summed E-state index contributed by atoms with van der Waals surface area (Å²) in [6.07, 6.45) is 4.96. The van der Waals surface area contributed by atoms with Gasteiger partial charge in [-0.05, 0) is 56.6 Å². The monoisotopic (exact) mass is 314 g/mol. The number of thioether (sulfide) groups is 1. The van der Waals surface area contributed by atoms with E-state index in [2.05, 4.69) is 11.0 Å². The van der Waals surface area contributed by atoms with E-state index in [-0.39, 0.29) is 6.04 Å². The largest absolute Gasteiger partial charge is 0.398 e. The Balaban J connectivity index is 2.26. The SMILES string of the molecule is CSC1CCC(NS(=O)(=O)c2c(C)ccc(N)c2C)C1. The van der Waals surface area contributed by atoms with Crippen LogP contribution >= 0.6 is 11.8 Å². The molecule has 0 radical (unpaired) electrons. The van der Waals surface area contributed by atoms with Crippen molar-refractivity contribution in [1.82, 2.24) is 4.72 Å². The molecule has 0 heterocycles. The first-order valence-corrected chi connectivity index (χ1v) is 9.53. The predicted molar refractivity (Wildman–Crippen MR) is 85.6 cm³/mol. The van der Waals surface area contributed by atoms with Crippen LogP contribution in [0.5, 0.6) is 0 Å². The van der Waals surface area contributed by atoms with Crippen molar-refractivity contribution in [3.63, 3.8) is 0 Å². The Morgan fingerprint density at radius 2 is 2.00 bits per heavy atom. The van der Waals surface area contributed by atoms with Crippen LogP contribution in [0.1, 0.15) is 30.4 Å². The summed E-state index contributed by atoms with van der Waals surface area (Å²) in [4.78, 5) is 0.338. The van der Waals surface area contributed by atoms with Crippen LogP contribution in [0.2, 0.25) is 0 Å². The highest BCUT2D eigenvalue weighted by Crippen LogP contribution is 2.30. The van der Waals surface area contributed by atoms with Gasteiger partial charge in [0.25, 0.3) is 0 Å². The third-order valence-corrected chi connectivity index (χ3v) is 6.86. The smallest absolute Gasteiger partial charge is 0.241 e. The summed E-state index contributed by atoms with van der Waals surface area (Å²) < 4.78 is 28.1. The van der Waals surface area contributed by atoms with Gasteiger partial charge in [0.1, 0.15) is 0 Å². The first kappa shape index (κ1) is 15.7. The topological polar surface area (TPSA) is 72.2 Å². The van der Waals surface area contributed by atoms with E-state index in [0.717, 1.165) is 24.8 Å². The zero-order valence-corrected chi connectivity index (χ0v) is 13.8. The van der Waals surface area contributed by atoms with Gasteiger partial charge in [-0.1, -0.05) is 6.07 Å². The van der Waals surface area contributed by atoms with Gasteiger partial charge in [0, 0.05) is 17.0 Å². The van der Waals surface area contributed by atoms with E-state index in [4.69, 9.17) is 5.73 Å². The number of nitrogens with one attached hydrogen (secondary N) is 1. The second kappa shape index (κ2) is 5.95. The van der Waals surface area contributed by atoms with E-state index in [1.165, 1.54) is 0 Å². The fourth-order valence-electron chi connectivity index (χ4n) is 2.80. The van der Waals surface area contributed by atoms with E-state index >= 15 is 0 Å². The molecule has 0 bridgehead atoms. The molecule has 0 aromatic heterocycles. The van der Waals surface area contributed by atoms with Gasteiger partial charge in [-0.2, -0.15) is 11.8 Å². The molecule has 1 saturated carbocycles. The van der Waals surface area contributed by atoms with Gasteiger partial charge in [0.15, 0.2) is 0 Å². The molecule has 0 spiro atoms. The average molecular weight is 314 g/mol. The molecule has 0 aliphatic heterocycles.